The SMILES string of the molecule is NCCCCNCCCN.[Au]. The van der Waals surface area contributed by atoms with Crippen molar-refractivity contribution in [3.63, 3.8) is 0 Å². The molecular formula is C7H19AuN3. The normalized spacial score (nSPS) is 9.27. The van der Waals surface area contributed by atoms with Gasteiger partial charge >= 0.3 is 0 Å². The predicted octanol–water partition coefficient (Wildman–Crippen LogP) is -0.339. The van der Waals surface area contributed by atoms with Gasteiger partial charge in [-0.2, -0.15) is 0 Å². The zero-order valence-corrected chi connectivity index (χ0v) is 9.07. The minimum absolute atomic E-state index is 0. The van der Waals surface area contributed by atoms with E-state index in [4.69, 9.17) is 11.5 Å². The molecule has 5 N–H and O–H groups in total. The van der Waals surface area contributed by atoms with Gasteiger partial charge in [0.2, 0.25) is 0 Å². The molecule has 11 heavy (non-hydrogen) atoms. The molecule has 73 valence electrons. The molecule has 0 aliphatic heterocycles. The van der Waals surface area contributed by atoms with E-state index in [9.17, 15) is 0 Å². The first-order chi connectivity index (χ1) is 4.91. The maximum absolute atomic E-state index is 5.32. The quantitative estimate of drug-likeness (QED) is 0.438. The van der Waals surface area contributed by atoms with Gasteiger partial charge in [0.1, 0.15) is 0 Å². The Kier molecular flexibility index (Phi) is 17.0. The fraction of sp³-hybridized carbons (Fsp3) is 1.00. The van der Waals surface area contributed by atoms with Gasteiger partial charge in [-0.1, -0.05) is 0 Å². The van der Waals surface area contributed by atoms with Crippen molar-refractivity contribution in [1.82, 2.24) is 5.32 Å². The van der Waals surface area contributed by atoms with Crippen LogP contribution in [-0.4, -0.2) is 26.2 Å². The number of unbranched alkanes of at least 4 members (excludes halogenated alkanes) is 1. The Balaban J connectivity index is 0. The summed E-state index contributed by atoms with van der Waals surface area (Å²) in [4.78, 5) is 0. The van der Waals surface area contributed by atoms with E-state index in [0.29, 0.717) is 0 Å². The second-order valence-corrected chi connectivity index (χ2v) is 2.39. The van der Waals surface area contributed by atoms with Crippen LogP contribution < -0.4 is 16.8 Å². The zero-order chi connectivity index (χ0) is 7.66. The summed E-state index contributed by atoms with van der Waals surface area (Å²) in [5, 5.41) is 3.29. The maximum atomic E-state index is 5.32. The first-order valence-corrected chi connectivity index (χ1v) is 4.02. The molecule has 0 aromatic carbocycles. The number of nitrogens with one attached hydrogen (secondary N) is 1. The Bertz CT molecular complexity index is 53.6. The van der Waals surface area contributed by atoms with Crippen LogP contribution in [0.15, 0.2) is 0 Å². The van der Waals surface area contributed by atoms with Gasteiger partial charge in [-0.05, 0) is 45.4 Å². The van der Waals surface area contributed by atoms with Crippen LogP contribution in [0.3, 0.4) is 0 Å². The van der Waals surface area contributed by atoms with Crippen molar-refractivity contribution in [1.29, 1.82) is 0 Å². The molecule has 0 heterocycles. The molecule has 4 heteroatoms. The van der Waals surface area contributed by atoms with Gasteiger partial charge in [0.05, 0.1) is 0 Å². The van der Waals surface area contributed by atoms with Gasteiger partial charge in [0.15, 0.2) is 0 Å². The Labute approximate surface area is 84.8 Å². The zero-order valence-electron chi connectivity index (χ0n) is 6.91. The number of rotatable bonds is 7. The van der Waals surface area contributed by atoms with Crippen LogP contribution in [-0.2, 0) is 22.4 Å². The minimum atomic E-state index is 0. The minimum Gasteiger partial charge on any atom is -0.330 e. The molecule has 0 aromatic heterocycles. The molecule has 0 fully saturated rings. The third kappa shape index (κ3) is 13.6. The van der Waals surface area contributed by atoms with Crippen LogP contribution in [0.4, 0.5) is 0 Å². The van der Waals surface area contributed by atoms with E-state index in [1.165, 1.54) is 6.42 Å². The first-order valence-electron chi connectivity index (χ1n) is 4.02. The molecule has 0 saturated heterocycles. The van der Waals surface area contributed by atoms with Crippen LogP contribution in [0.1, 0.15) is 19.3 Å². The molecule has 0 saturated carbocycles. The van der Waals surface area contributed by atoms with Gasteiger partial charge in [0, 0.05) is 22.4 Å². The molecule has 0 spiro atoms. The van der Waals surface area contributed by atoms with Gasteiger partial charge in [-0.15, -0.1) is 0 Å². The standard InChI is InChI=1S/C7H19N3.Au/c8-4-1-2-6-10-7-3-5-9;/h10H,1-9H2;. The van der Waals surface area contributed by atoms with Crippen molar-refractivity contribution in [2.24, 2.45) is 11.5 Å². The fourth-order valence-electron chi connectivity index (χ4n) is 0.746. The number of hydrogen-bond acceptors (Lipinski definition) is 3. The van der Waals surface area contributed by atoms with E-state index in [-0.39, 0.29) is 22.4 Å². The summed E-state index contributed by atoms with van der Waals surface area (Å²) in [7, 11) is 0. The Morgan fingerprint density at radius 3 is 1.91 bits per heavy atom. The molecule has 0 unspecified atom stereocenters. The van der Waals surface area contributed by atoms with E-state index in [0.717, 1.165) is 39.0 Å². The van der Waals surface area contributed by atoms with E-state index in [2.05, 4.69) is 5.32 Å². The summed E-state index contributed by atoms with van der Waals surface area (Å²) in [5.41, 5.74) is 10.6. The largest absolute Gasteiger partial charge is 0.330 e. The van der Waals surface area contributed by atoms with Crippen LogP contribution in [0.5, 0.6) is 0 Å². The van der Waals surface area contributed by atoms with Crippen molar-refractivity contribution in [3.05, 3.63) is 0 Å². The van der Waals surface area contributed by atoms with Crippen molar-refractivity contribution >= 4 is 0 Å². The van der Waals surface area contributed by atoms with Crippen molar-refractivity contribution in [2.45, 2.75) is 19.3 Å². The van der Waals surface area contributed by atoms with E-state index in [1.807, 2.05) is 0 Å². The Morgan fingerprint density at radius 2 is 1.36 bits per heavy atom. The number of nitrogens with two attached hydrogens (primary N) is 2. The number of hydrogen-bond donors (Lipinski definition) is 3. The van der Waals surface area contributed by atoms with Gasteiger partial charge in [-0.3, -0.25) is 0 Å². The molecule has 0 aliphatic carbocycles. The fourth-order valence-corrected chi connectivity index (χ4v) is 0.746. The molecule has 0 atom stereocenters. The van der Waals surface area contributed by atoms with E-state index in [1.54, 1.807) is 0 Å². The summed E-state index contributed by atoms with van der Waals surface area (Å²) < 4.78 is 0. The first kappa shape index (κ1) is 14.2. The molecule has 1 radical (unpaired) electrons. The van der Waals surface area contributed by atoms with Crippen molar-refractivity contribution in [3.8, 4) is 0 Å². The Hall–Kier alpha value is 0.620. The summed E-state index contributed by atoms with van der Waals surface area (Å²) in [6.07, 6.45) is 3.37. The summed E-state index contributed by atoms with van der Waals surface area (Å²) in [6, 6.07) is 0. The molecular weight excluding hydrogens is 323 g/mol. The third-order valence-electron chi connectivity index (χ3n) is 1.37. The van der Waals surface area contributed by atoms with Crippen LogP contribution in [0.25, 0.3) is 0 Å². The molecule has 0 rings (SSSR count). The van der Waals surface area contributed by atoms with Crippen LogP contribution in [0, 0.1) is 0 Å². The summed E-state index contributed by atoms with van der Waals surface area (Å²) in [5.74, 6) is 0. The maximum Gasteiger partial charge on any atom is 0 e. The topological polar surface area (TPSA) is 64.1 Å². The van der Waals surface area contributed by atoms with Crippen molar-refractivity contribution < 1.29 is 22.4 Å². The molecule has 0 amide bonds. The van der Waals surface area contributed by atoms with Gasteiger partial charge in [-0.25, -0.2) is 0 Å². The smallest absolute Gasteiger partial charge is 0 e. The van der Waals surface area contributed by atoms with Crippen molar-refractivity contribution in [2.75, 3.05) is 26.2 Å². The van der Waals surface area contributed by atoms with Gasteiger partial charge in [0.25, 0.3) is 0 Å². The second-order valence-electron chi connectivity index (χ2n) is 2.39. The molecule has 0 aromatic rings. The second kappa shape index (κ2) is 13.2. The third-order valence-corrected chi connectivity index (χ3v) is 1.37. The van der Waals surface area contributed by atoms with E-state index < -0.39 is 0 Å². The Morgan fingerprint density at radius 1 is 0.818 bits per heavy atom. The molecule has 3 nitrogen and oxygen atoms in total. The van der Waals surface area contributed by atoms with Crippen LogP contribution >= 0.6 is 0 Å². The summed E-state index contributed by atoms with van der Waals surface area (Å²) >= 11 is 0. The van der Waals surface area contributed by atoms with Crippen LogP contribution in [0.2, 0.25) is 0 Å². The monoisotopic (exact) mass is 342 g/mol. The van der Waals surface area contributed by atoms with E-state index >= 15 is 0 Å². The molecule has 0 bridgehead atoms. The average molecular weight is 342 g/mol. The predicted molar refractivity (Wildman–Crippen MR) is 44.8 cm³/mol. The summed E-state index contributed by atoms with van der Waals surface area (Å²) in [6.45, 7) is 3.71. The average Bonchev–Trinajstić information content (AvgIpc) is 1.97. The molecule has 0 aliphatic rings. The van der Waals surface area contributed by atoms with Gasteiger partial charge < -0.3 is 16.8 Å².